The van der Waals surface area contributed by atoms with Gasteiger partial charge >= 0.3 is 5.97 Å². The summed E-state index contributed by atoms with van der Waals surface area (Å²) < 4.78 is 5.23. The fraction of sp³-hybridized carbons (Fsp3) is 0.389. The zero-order valence-electron chi connectivity index (χ0n) is 14.0. The van der Waals surface area contributed by atoms with Crippen LogP contribution in [0.15, 0.2) is 48.8 Å². The lowest BCUT2D eigenvalue weighted by Gasteiger charge is -2.23. The maximum absolute atomic E-state index is 11.9. The Morgan fingerprint density at radius 3 is 2.26 bits per heavy atom. The molecule has 23 heavy (non-hydrogen) atoms. The molecule has 0 bridgehead atoms. The lowest BCUT2D eigenvalue weighted by Crippen LogP contribution is -2.43. The monoisotopic (exact) mass is 334 g/mol. The topological polar surface area (TPSA) is 44.8 Å². The van der Waals surface area contributed by atoms with Crippen molar-refractivity contribution in [1.29, 1.82) is 0 Å². The normalized spacial score (nSPS) is 11.0. The fourth-order valence-electron chi connectivity index (χ4n) is 2.21. The molecule has 5 heteroatoms. The van der Waals surface area contributed by atoms with E-state index in [4.69, 9.17) is 14.5 Å². The highest BCUT2D eigenvalue weighted by Crippen LogP contribution is 2.13. The van der Waals surface area contributed by atoms with Gasteiger partial charge in [0.25, 0.3) is 0 Å². The number of hydrogen-bond donors (Lipinski definition) is 0. The Hall–Kier alpha value is -1.69. The highest BCUT2D eigenvalue weighted by molar-refractivity contribution is 6.99. The van der Waals surface area contributed by atoms with E-state index >= 15 is 0 Å². The third-order valence-corrected chi connectivity index (χ3v) is 7.80. The number of rotatable bonds is 11. The Bertz CT molecular complexity index is 502. The minimum absolute atomic E-state index is 0.225. The summed E-state index contributed by atoms with van der Waals surface area (Å²) in [5, 5.41) is 1.18. The summed E-state index contributed by atoms with van der Waals surface area (Å²) in [7, 11) is -1.87. The summed E-state index contributed by atoms with van der Waals surface area (Å²) in [5.41, 5.74) is 4.47. The Labute approximate surface area is 139 Å². The van der Waals surface area contributed by atoms with Crippen molar-refractivity contribution in [1.82, 2.24) is 0 Å². The van der Waals surface area contributed by atoms with Gasteiger partial charge in [0.1, 0.15) is 14.7 Å². The molecule has 0 aliphatic heterocycles. The molecule has 0 aliphatic rings. The molecular formula is C18H26O4Si. The van der Waals surface area contributed by atoms with E-state index in [1.807, 2.05) is 30.5 Å². The molecule has 0 amide bonds. The van der Waals surface area contributed by atoms with E-state index in [-0.39, 0.29) is 6.61 Å². The molecule has 0 saturated heterocycles. The Morgan fingerprint density at radius 1 is 1.09 bits per heavy atom. The van der Waals surface area contributed by atoms with Crippen molar-refractivity contribution in [2.24, 2.45) is 0 Å². The second kappa shape index (κ2) is 10.2. The molecule has 1 rings (SSSR count). The molecule has 0 aliphatic carbocycles. The van der Waals surface area contributed by atoms with Crippen LogP contribution in [-0.2, 0) is 14.5 Å². The smallest absolute Gasteiger partial charge is 0.373 e. The SMILES string of the molecule is C=C[Si](C=C)(CC)c1ccc(C(=O)OOCCOCCC)cc1. The van der Waals surface area contributed by atoms with E-state index in [0.29, 0.717) is 18.8 Å². The second-order valence-electron chi connectivity index (χ2n) is 5.18. The molecule has 0 atom stereocenters. The minimum Gasteiger partial charge on any atom is -0.379 e. The van der Waals surface area contributed by atoms with Gasteiger partial charge < -0.3 is 4.74 Å². The van der Waals surface area contributed by atoms with Crippen LogP contribution < -0.4 is 5.19 Å². The van der Waals surface area contributed by atoms with Gasteiger partial charge in [-0.3, -0.25) is 4.89 Å². The predicted molar refractivity (Wildman–Crippen MR) is 95.2 cm³/mol. The van der Waals surface area contributed by atoms with Crippen molar-refractivity contribution in [2.45, 2.75) is 26.3 Å². The average molecular weight is 334 g/mol. The fourth-order valence-corrected chi connectivity index (χ4v) is 4.62. The molecule has 0 radical (unpaired) electrons. The van der Waals surface area contributed by atoms with E-state index in [2.05, 4.69) is 20.1 Å². The molecule has 1 aromatic rings. The van der Waals surface area contributed by atoms with Gasteiger partial charge in [-0.2, -0.15) is 4.89 Å². The predicted octanol–water partition coefficient (Wildman–Crippen LogP) is 3.33. The number of hydrogen-bond acceptors (Lipinski definition) is 4. The summed E-state index contributed by atoms with van der Waals surface area (Å²) >= 11 is 0. The molecular weight excluding hydrogens is 308 g/mol. The first kappa shape index (κ1) is 19.4. The number of carbonyl (C=O) groups excluding carboxylic acids is 1. The zero-order chi connectivity index (χ0) is 17.1. The summed E-state index contributed by atoms with van der Waals surface area (Å²) in [6, 6.07) is 8.38. The standard InChI is InChI=1S/C18H26O4Si/c1-5-13-20-14-15-21-22-18(19)16-9-11-17(12-10-16)23(6-2,7-3)8-4/h6-7,9-12H,2-3,5,8,13-15H2,1,4H3. The third-order valence-electron chi connectivity index (χ3n) is 3.77. The Morgan fingerprint density at radius 2 is 1.74 bits per heavy atom. The van der Waals surface area contributed by atoms with Crippen molar-refractivity contribution >= 4 is 19.2 Å². The van der Waals surface area contributed by atoms with Crippen LogP contribution in [-0.4, -0.2) is 33.9 Å². The lowest BCUT2D eigenvalue weighted by molar-refractivity contribution is -0.247. The van der Waals surface area contributed by atoms with E-state index in [0.717, 1.165) is 12.5 Å². The van der Waals surface area contributed by atoms with Crippen LogP contribution in [0.5, 0.6) is 0 Å². The van der Waals surface area contributed by atoms with E-state index in [1.165, 1.54) is 5.19 Å². The van der Waals surface area contributed by atoms with Gasteiger partial charge in [-0.25, -0.2) is 4.79 Å². The molecule has 0 heterocycles. The number of ether oxygens (including phenoxy) is 1. The second-order valence-corrected chi connectivity index (χ2v) is 9.37. The Kier molecular flexibility index (Phi) is 8.54. The van der Waals surface area contributed by atoms with Crippen molar-refractivity contribution in [3.63, 3.8) is 0 Å². The number of benzene rings is 1. The van der Waals surface area contributed by atoms with Crippen LogP contribution in [0.1, 0.15) is 30.6 Å². The molecule has 126 valence electrons. The Balaban J connectivity index is 2.57. The maximum Gasteiger partial charge on any atom is 0.373 e. The molecule has 0 saturated carbocycles. The van der Waals surface area contributed by atoms with Crippen molar-refractivity contribution in [2.75, 3.05) is 19.8 Å². The van der Waals surface area contributed by atoms with Gasteiger partial charge in [-0.1, -0.05) is 42.6 Å². The maximum atomic E-state index is 11.9. The minimum atomic E-state index is -1.87. The average Bonchev–Trinajstić information content (AvgIpc) is 2.60. The first-order chi connectivity index (χ1) is 11.1. The van der Waals surface area contributed by atoms with E-state index in [9.17, 15) is 4.79 Å². The van der Waals surface area contributed by atoms with Crippen LogP contribution in [0.4, 0.5) is 0 Å². The zero-order valence-corrected chi connectivity index (χ0v) is 15.0. The highest BCUT2D eigenvalue weighted by atomic mass is 28.3. The highest BCUT2D eigenvalue weighted by Gasteiger charge is 2.26. The molecule has 1 aromatic carbocycles. The molecule has 0 aromatic heterocycles. The van der Waals surface area contributed by atoms with Gasteiger partial charge in [-0.05, 0) is 24.6 Å². The van der Waals surface area contributed by atoms with Gasteiger partial charge in [0.05, 0.1) is 12.2 Å². The summed E-state index contributed by atoms with van der Waals surface area (Å²) in [6.07, 6.45) is 0.949. The molecule has 4 nitrogen and oxygen atoms in total. The van der Waals surface area contributed by atoms with Crippen LogP contribution >= 0.6 is 0 Å². The van der Waals surface area contributed by atoms with E-state index < -0.39 is 14.0 Å². The van der Waals surface area contributed by atoms with Gasteiger partial charge in [0, 0.05) is 6.61 Å². The quantitative estimate of drug-likeness (QED) is 0.269. The van der Waals surface area contributed by atoms with Crippen LogP contribution in [0.2, 0.25) is 6.04 Å². The molecule has 0 spiro atoms. The summed E-state index contributed by atoms with van der Waals surface area (Å²) in [6.45, 7) is 13.4. The molecule has 0 fully saturated rings. The van der Waals surface area contributed by atoms with E-state index in [1.54, 1.807) is 12.1 Å². The first-order valence-electron chi connectivity index (χ1n) is 7.92. The third kappa shape index (κ3) is 5.46. The number of carbonyl (C=O) groups is 1. The largest absolute Gasteiger partial charge is 0.379 e. The lowest BCUT2D eigenvalue weighted by atomic mass is 10.2. The first-order valence-corrected chi connectivity index (χ1v) is 10.3. The summed E-state index contributed by atoms with van der Waals surface area (Å²) in [4.78, 5) is 21.5. The van der Waals surface area contributed by atoms with Gasteiger partial charge in [0.2, 0.25) is 0 Å². The van der Waals surface area contributed by atoms with Crippen molar-refractivity contribution in [3.8, 4) is 0 Å². The van der Waals surface area contributed by atoms with Crippen LogP contribution in [0.3, 0.4) is 0 Å². The van der Waals surface area contributed by atoms with Crippen LogP contribution in [0, 0.1) is 0 Å². The van der Waals surface area contributed by atoms with Gasteiger partial charge in [-0.15, -0.1) is 13.2 Å². The van der Waals surface area contributed by atoms with Crippen molar-refractivity contribution in [3.05, 3.63) is 54.4 Å². The molecule has 0 N–H and O–H groups in total. The van der Waals surface area contributed by atoms with Crippen molar-refractivity contribution < 1.29 is 19.3 Å². The summed E-state index contributed by atoms with van der Waals surface area (Å²) in [5.74, 6) is -0.506. The molecule has 0 unspecified atom stereocenters. The van der Waals surface area contributed by atoms with Gasteiger partial charge in [0.15, 0.2) is 0 Å². The van der Waals surface area contributed by atoms with Crippen LogP contribution in [0.25, 0.3) is 0 Å².